The topological polar surface area (TPSA) is 94.0 Å². The molecule has 1 saturated carbocycles. The van der Waals surface area contributed by atoms with E-state index in [1.54, 1.807) is 16.9 Å². The van der Waals surface area contributed by atoms with Gasteiger partial charge >= 0.3 is 5.97 Å². The van der Waals surface area contributed by atoms with Crippen LogP contribution in [0, 0.1) is 11.2 Å². The molecular formula is C18H23FN4O2. The number of nitrogens with two attached hydrogens (primary N) is 1. The Morgan fingerprint density at radius 3 is 2.60 bits per heavy atom. The summed E-state index contributed by atoms with van der Waals surface area (Å²) in [5.74, 6) is -1.72. The standard InChI is InChI=1S/C18H23FN4O2/c1-17(2,3)10-18(20,16(24)25)11-4-7-13(14(19)8-11)15-9-23(22-21-15)12-5-6-12/h4,7-9,12H,5-6,10,20H2,1-3H3,(H,24,25). The average molecular weight is 346 g/mol. The highest BCUT2D eigenvalue weighted by molar-refractivity contribution is 5.81. The number of rotatable bonds is 5. The van der Waals surface area contributed by atoms with Gasteiger partial charge in [-0.05, 0) is 42.4 Å². The molecule has 1 aromatic heterocycles. The second-order valence-corrected chi connectivity index (χ2v) is 8.02. The predicted octanol–water partition coefficient (Wildman–Crippen LogP) is 3.09. The molecule has 0 amide bonds. The lowest BCUT2D eigenvalue weighted by Gasteiger charge is -2.32. The summed E-state index contributed by atoms with van der Waals surface area (Å²) in [5, 5.41) is 17.7. The second-order valence-electron chi connectivity index (χ2n) is 8.02. The van der Waals surface area contributed by atoms with Crippen LogP contribution in [0.1, 0.15) is 51.6 Å². The van der Waals surface area contributed by atoms with Crippen molar-refractivity contribution < 1.29 is 14.3 Å². The minimum absolute atomic E-state index is 0.186. The van der Waals surface area contributed by atoms with Crippen LogP contribution in [-0.4, -0.2) is 26.1 Å². The van der Waals surface area contributed by atoms with Crippen LogP contribution in [0.2, 0.25) is 0 Å². The van der Waals surface area contributed by atoms with Crippen molar-refractivity contribution in [2.45, 2.75) is 51.6 Å². The number of halogens is 1. The molecule has 134 valence electrons. The van der Waals surface area contributed by atoms with Crippen molar-refractivity contribution in [1.29, 1.82) is 0 Å². The van der Waals surface area contributed by atoms with E-state index in [-0.39, 0.29) is 17.4 Å². The van der Waals surface area contributed by atoms with Crippen LogP contribution in [0.4, 0.5) is 4.39 Å². The van der Waals surface area contributed by atoms with Gasteiger partial charge in [-0.1, -0.05) is 32.1 Å². The maximum atomic E-state index is 14.7. The van der Waals surface area contributed by atoms with E-state index in [0.29, 0.717) is 17.3 Å². The number of nitrogens with zero attached hydrogens (tertiary/aromatic N) is 3. The zero-order valence-electron chi connectivity index (χ0n) is 14.7. The predicted molar refractivity (Wildman–Crippen MR) is 91.3 cm³/mol. The van der Waals surface area contributed by atoms with Crippen molar-refractivity contribution in [1.82, 2.24) is 15.0 Å². The number of aromatic nitrogens is 3. The Labute approximate surface area is 145 Å². The molecule has 25 heavy (non-hydrogen) atoms. The lowest BCUT2D eigenvalue weighted by atomic mass is 9.76. The van der Waals surface area contributed by atoms with E-state index in [1.807, 2.05) is 20.8 Å². The van der Waals surface area contributed by atoms with Gasteiger partial charge in [-0.3, -0.25) is 0 Å². The number of hydrogen-bond acceptors (Lipinski definition) is 4. The summed E-state index contributed by atoms with van der Waals surface area (Å²) >= 11 is 0. The van der Waals surface area contributed by atoms with Crippen molar-refractivity contribution in [3.63, 3.8) is 0 Å². The smallest absolute Gasteiger partial charge is 0.328 e. The summed E-state index contributed by atoms with van der Waals surface area (Å²) in [5.41, 5.74) is 5.15. The van der Waals surface area contributed by atoms with Gasteiger partial charge in [-0.2, -0.15) is 0 Å². The van der Waals surface area contributed by atoms with Crippen LogP contribution in [0.25, 0.3) is 11.3 Å². The van der Waals surface area contributed by atoms with E-state index >= 15 is 0 Å². The maximum Gasteiger partial charge on any atom is 0.328 e. The fourth-order valence-corrected chi connectivity index (χ4v) is 3.06. The summed E-state index contributed by atoms with van der Waals surface area (Å²) in [4.78, 5) is 11.8. The molecule has 3 N–H and O–H groups in total. The first-order chi connectivity index (χ1) is 11.6. The number of hydrogen-bond donors (Lipinski definition) is 2. The summed E-state index contributed by atoms with van der Waals surface area (Å²) in [6.07, 6.45) is 4.03. The molecule has 3 rings (SSSR count). The summed E-state index contributed by atoms with van der Waals surface area (Å²) in [6, 6.07) is 4.65. The van der Waals surface area contributed by atoms with Gasteiger partial charge < -0.3 is 10.8 Å². The van der Waals surface area contributed by atoms with Gasteiger partial charge in [0.15, 0.2) is 0 Å². The fraction of sp³-hybridized carbons (Fsp3) is 0.500. The number of carboxylic acids is 1. The van der Waals surface area contributed by atoms with E-state index in [4.69, 9.17) is 5.73 Å². The Bertz CT molecular complexity index is 808. The van der Waals surface area contributed by atoms with E-state index < -0.39 is 17.3 Å². The van der Waals surface area contributed by atoms with Crippen LogP contribution >= 0.6 is 0 Å². The van der Waals surface area contributed by atoms with Crippen LogP contribution in [-0.2, 0) is 10.3 Å². The first-order valence-electron chi connectivity index (χ1n) is 8.35. The number of carboxylic acid groups (broad SMARTS) is 1. The summed E-state index contributed by atoms with van der Waals surface area (Å²) in [7, 11) is 0. The molecule has 1 aliphatic rings. The molecule has 0 spiro atoms. The fourth-order valence-electron chi connectivity index (χ4n) is 3.06. The molecule has 0 bridgehead atoms. The van der Waals surface area contributed by atoms with Crippen molar-refractivity contribution in [2.75, 3.05) is 0 Å². The second kappa shape index (κ2) is 5.91. The molecule has 1 atom stereocenters. The normalized spacial score (nSPS) is 17.3. The molecule has 1 aliphatic carbocycles. The van der Waals surface area contributed by atoms with Gasteiger partial charge in [0.1, 0.15) is 17.1 Å². The Morgan fingerprint density at radius 2 is 2.08 bits per heavy atom. The van der Waals surface area contributed by atoms with Gasteiger partial charge in [0, 0.05) is 5.56 Å². The quantitative estimate of drug-likeness (QED) is 0.867. The average Bonchev–Trinajstić information content (AvgIpc) is 3.23. The molecule has 1 aromatic carbocycles. The van der Waals surface area contributed by atoms with Crippen LogP contribution in [0.15, 0.2) is 24.4 Å². The van der Waals surface area contributed by atoms with Gasteiger partial charge in [-0.15, -0.1) is 5.10 Å². The zero-order valence-corrected chi connectivity index (χ0v) is 14.7. The third kappa shape index (κ3) is 3.56. The lowest BCUT2D eigenvalue weighted by Crippen LogP contribution is -2.47. The van der Waals surface area contributed by atoms with Crippen molar-refractivity contribution in [2.24, 2.45) is 11.1 Å². The molecule has 0 aliphatic heterocycles. The highest BCUT2D eigenvalue weighted by Gasteiger charge is 2.40. The first-order valence-corrected chi connectivity index (χ1v) is 8.35. The van der Waals surface area contributed by atoms with Crippen LogP contribution < -0.4 is 5.73 Å². The van der Waals surface area contributed by atoms with Crippen LogP contribution in [0.5, 0.6) is 0 Å². The monoisotopic (exact) mass is 346 g/mol. The Hall–Kier alpha value is -2.28. The summed E-state index contributed by atoms with van der Waals surface area (Å²) in [6.45, 7) is 5.70. The molecule has 0 saturated heterocycles. The van der Waals surface area contributed by atoms with Crippen LogP contribution in [0.3, 0.4) is 0 Å². The first kappa shape index (κ1) is 17.5. The number of carbonyl (C=O) groups is 1. The van der Waals surface area contributed by atoms with Crippen molar-refractivity contribution in [3.05, 3.63) is 35.8 Å². The van der Waals surface area contributed by atoms with E-state index in [9.17, 15) is 14.3 Å². The van der Waals surface area contributed by atoms with E-state index in [2.05, 4.69) is 10.3 Å². The lowest BCUT2D eigenvalue weighted by molar-refractivity contribution is -0.145. The Morgan fingerprint density at radius 1 is 1.40 bits per heavy atom. The molecule has 7 heteroatoms. The largest absolute Gasteiger partial charge is 0.480 e. The van der Waals surface area contributed by atoms with Gasteiger partial charge in [0.25, 0.3) is 0 Å². The Kier molecular flexibility index (Phi) is 4.15. The van der Waals surface area contributed by atoms with Gasteiger partial charge in [0.05, 0.1) is 12.2 Å². The molecular weight excluding hydrogens is 323 g/mol. The van der Waals surface area contributed by atoms with Crippen molar-refractivity contribution >= 4 is 5.97 Å². The number of benzene rings is 1. The molecule has 1 fully saturated rings. The molecule has 6 nitrogen and oxygen atoms in total. The van der Waals surface area contributed by atoms with E-state index in [1.165, 1.54) is 12.1 Å². The maximum absolute atomic E-state index is 14.7. The van der Waals surface area contributed by atoms with Gasteiger partial charge in [-0.25, -0.2) is 13.9 Å². The zero-order chi connectivity index (χ0) is 18.4. The van der Waals surface area contributed by atoms with Gasteiger partial charge in [0.2, 0.25) is 0 Å². The Balaban J connectivity index is 1.95. The molecule has 1 heterocycles. The highest BCUT2D eigenvalue weighted by Crippen LogP contribution is 2.36. The third-order valence-corrected chi connectivity index (χ3v) is 4.38. The minimum Gasteiger partial charge on any atom is -0.480 e. The highest BCUT2D eigenvalue weighted by atomic mass is 19.1. The van der Waals surface area contributed by atoms with E-state index in [0.717, 1.165) is 12.8 Å². The molecule has 1 unspecified atom stereocenters. The SMILES string of the molecule is CC(C)(C)CC(N)(C(=O)O)c1ccc(-c2cn(C3CC3)nn2)c(F)c1. The molecule has 2 aromatic rings. The summed E-state index contributed by atoms with van der Waals surface area (Å²) < 4.78 is 16.4. The third-order valence-electron chi connectivity index (χ3n) is 4.38. The number of aliphatic carboxylic acids is 1. The molecule has 0 radical (unpaired) electrons. The minimum atomic E-state index is -1.65. The van der Waals surface area contributed by atoms with Crippen molar-refractivity contribution in [3.8, 4) is 11.3 Å².